The standard InChI is InChI=1S/C13H20N2O5S/c1-13(2,3)20-11(18)14-5-4-8(9(16)6-14)15-10(17)7-21-12(15)19/h7-9,16-17H,4-6H2,1-3H3. The number of likely N-dealkylation sites (tertiary alicyclic amines) is 1. The molecule has 2 atom stereocenters. The zero-order valence-corrected chi connectivity index (χ0v) is 13.1. The Morgan fingerprint density at radius 3 is 2.62 bits per heavy atom. The molecule has 0 aliphatic carbocycles. The Hall–Kier alpha value is -1.54. The number of aliphatic hydroxyl groups excluding tert-OH is 1. The lowest BCUT2D eigenvalue weighted by molar-refractivity contribution is -0.0111. The van der Waals surface area contributed by atoms with Crippen molar-refractivity contribution in [3.63, 3.8) is 0 Å². The summed E-state index contributed by atoms with van der Waals surface area (Å²) in [6.07, 6.45) is -1.03. The third-order valence-corrected chi connectivity index (χ3v) is 3.97. The molecule has 21 heavy (non-hydrogen) atoms. The lowest BCUT2D eigenvalue weighted by Crippen LogP contribution is -2.49. The van der Waals surface area contributed by atoms with Gasteiger partial charge in [-0.1, -0.05) is 11.3 Å². The van der Waals surface area contributed by atoms with Crippen LogP contribution < -0.4 is 4.87 Å². The Labute approximate surface area is 126 Å². The van der Waals surface area contributed by atoms with E-state index in [4.69, 9.17) is 4.74 Å². The number of β-amino-alcohol motifs (C(OH)–C–C–N with tert-alkyl or cyclic N) is 1. The molecule has 8 heteroatoms. The maximum atomic E-state index is 12.0. The SMILES string of the molecule is CC(C)(C)OC(=O)N1CCC(n2c(O)csc2=O)C(O)C1. The number of carbonyl (C=O) groups excluding carboxylic acids is 1. The summed E-state index contributed by atoms with van der Waals surface area (Å²) in [6, 6.07) is -0.526. The summed E-state index contributed by atoms with van der Waals surface area (Å²) in [5.41, 5.74) is -0.596. The Morgan fingerprint density at radius 1 is 1.48 bits per heavy atom. The van der Waals surface area contributed by atoms with Crippen molar-refractivity contribution in [2.75, 3.05) is 13.1 Å². The van der Waals surface area contributed by atoms with Crippen LogP contribution in [0.1, 0.15) is 33.2 Å². The molecule has 0 bridgehead atoms. The molecule has 2 heterocycles. The fourth-order valence-electron chi connectivity index (χ4n) is 2.33. The summed E-state index contributed by atoms with van der Waals surface area (Å²) in [6.45, 7) is 5.75. The van der Waals surface area contributed by atoms with E-state index < -0.39 is 23.8 Å². The summed E-state index contributed by atoms with van der Waals surface area (Å²) in [5, 5.41) is 21.2. The number of ether oxygens (including phenoxy) is 1. The van der Waals surface area contributed by atoms with Crippen LogP contribution in [0, 0.1) is 0 Å². The predicted octanol–water partition coefficient (Wildman–Crippen LogP) is 1.16. The van der Waals surface area contributed by atoms with Gasteiger partial charge in [-0.3, -0.25) is 9.36 Å². The molecule has 2 unspecified atom stereocenters. The third kappa shape index (κ3) is 3.56. The molecule has 1 aliphatic heterocycles. The smallest absolute Gasteiger partial charge is 0.410 e. The van der Waals surface area contributed by atoms with Crippen molar-refractivity contribution in [1.82, 2.24) is 9.47 Å². The quantitative estimate of drug-likeness (QED) is 0.811. The number of nitrogens with zero attached hydrogens (tertiary/aromatic N) is 2. The van der Waals surface area contributed by atoms with Crippen molar-refractivity contribution in [2.45, 2.75) is 44.9 Å². The second-order valence-electron chi connectivity index (χ2n) is 6.08. The van der Waals surface area contributed by atoms with E-state index in [1.54, 1.807) is 20.8 Å². The average Bonchev–Trinajstić information content (AvgIpc) is 2.67. The molecule has 0 radical (unpaired) electrons. The molecule has 1 fully saturated rings. The molecule has 1 saturated heterocycles. The van der Waals surface area contributed by atoms with Gasteiger partial charge in [0.2, 0.25) is 5.88 Å². The highest BCUT2D eigenvalue weighted by Gasteiger charge is 2.35. The van der Waals surface area contributed by atoms with Gasteiger partial charge in [-0.2, -0.15) is 0 Å². The zero-order valence-electron chi connectivity index (χ0n) is 12.3. The van der Waals surface area contributed by atoms with Crippen LogP contribution in [0.3, 0.4) is 0 Å². The Kier molecular flexibility index (Phi) is 4.29. The van der Waals surface area contributed by atoms with Gasteiger partial charge in [-0.05, 0) is 27.2 Å². The molecule has 2 N–H and O–H groups in total. The number of aromatic hydroxyl groups is 1. The van der Waals surface area contributed by atoms with Crippen LogP contribution in [0.4, 0.5) is 4.79 Å². The largest absolute Gasteiger partial charge is 0.494 e. The lowest BCUT2D eigenvalue weighted by atomic mass is 10.0. The molecule has 7 nitrogen and oxygen atoms in total. The molecule has 1 aliphatic rings. The second kappa shape index (κ2) is 5.69. The van der Waals surface area contributed by atoms with Gasteiger partial charge in [0.1, 0.15) is 5.60 Å². The summed E-state index contributed by atoms with van der Waals surface area (Å²) in [7, 11) is 0. The number of rotatable bonds is 1. The van der Waals surface area contributed by atoms with Crippen LogP contribution in [0.2, 0.25) is 0 Å². The van der Waals surface area contributed by atoms with Crippen LogP contribution in [-0.4, -0.2) is 50.6 Å². The summed E-state index contributed by atoms with van der Waals surface area (Å²) in [4.78, 5) is 24.8. The van der Waals surface area contributed by atoms with Gasteiger partial charge in [-0.15, -0.1) is 0 Å². The van der Waals surface area contributed by atoms with E-state index in [0.29, 0.717) is 13.0 Å². The van der Waals surface area contributed by atoms with Gasteiger partial charge < -0.3 is 19.8 Å². The minimum atomic E-state index is -0.926. The molecule has 118 valence electrons. The van der Waals surface area contributed by atoms with Crippen LogP contribution >= 0.6 is 11.3 Å². The number of amides is 1. The normalized spacial score (nSPS) is 23.1. The van der Waals surface area contributed by atoms with Crippen molar-refractivity contribution < 1.29 is 19.7 Å². The number of aromatic nitrogens is 1. The van der Waals surface area contributed by atoms with E-state index in [9.17, 15) is 19.8 Å². The van der Waals surface area contributed by atoms with Crippen molar-refractivity contribution in [3.05, 3.63) is 15.0 Å². The fraction of sp³-hybridized carbons (Fsp3) is 0.692. The molecule has 1 aromatic heterocycles. The van der Waals surface area contributed by atoms with Gasteiger partial charge in [0.25, 0.3) is 0 Å². The monoisotopic (exact) mass is 316 g/mol. The molecule has 1 amide bonds. The first kappa shape index (κ1) is 15.8. The first-order valence-corrected chi connectivity index (χ1v) is 7.62. The molecule has 1 aromatic rings. The minimum absolute atomic E-state index is 0.0707. The fourth-order valence-corrected chi connectivity index (χ4v) is 2.99. The number of thiazole rings is 1. The van der Waals surface area contributed by atoms with Crippen LogP contribution in [-0.2, 0) is 4.74 Å². The van der Waals surface area contributed by atoms with Crippen molar-refractivity contribution in [2.24, 2.45) is 0 Å². The highest BCUT2D eigenvalue weighted by atomic mass is 32.1. The second-order valence-corrected chi connectivity index (χ2v) is 6.90. The van der Waals surface area contributed by atoms with Gasteiger partial charge in [-0.25, -0.2) is 4.79 Å². The molecule has 0 spiro atoms. The van der Waals surface area contributed by atoms with E-state index in [2.05, 4.69) is 0 Å². The zero-order chi connectivity index (χ0) is 15.8. The van der Waals surface area contributed by atoms with Gasteiger partial charge in [0.05, 0.1) is 24.1 Å². The maximum Gasteiger partial charge on any atom is 0.410 e. The van der Waals surface area contributed by atoms with Crippen molar-refractivity contribution in [3.8, 4) is 5.88 Å². The molecule has 2 rings (SSSR count). The van der Waals surface area contributed by atoms with Crippen LogP contribution in [0.25, 0.3) is 0 Å². The van der Waals surface area contributed by atoms with Crippen LogP contribution in [0.15, 0.2) is 10.2 Å². The number of carbonyl (C=O) groups is 1. The summed E-state index contributed by atoms with van der Waals surface area (Å²) >= 11 is 0.883. The maximum absolute atomic E-state index is 12.0. The molecule has 0 saturated carbocycles. The highest BCUT2D eigenvalue weighted by Crippen LogP contribution is 2.27. The number of piperidine rings is 1. The van der Waals surface area contributed by atoms with Crippen molar-refractivity contribution in [1.29, 1.82) is 0 Å². The Morgan fingerprint density at radius 2 is 2.14 bits per heavy atom. The molecule has 0 aromatic carbocycles. The first-order valence-electron chi connectivity index (χ1n) is 6.74. The van der Waals surface area contributed by atoms with E-state index >= 15 is 0 Å². The van der Waals surface area contributed by atoms with Gasteiger partial charge >= 0.3 is 11.0 Å². The van der Waals surface area contributed by atoms with Crippen LogP contribution in [0.5, 0.6) is 5.88 Å². The predicted molar refractivity (Wildman–Crippen MR) is 77.7 cm³/mol. The Bertz CT molecular complexity index is 574. The summed E-state index contributed by atoms with van der Waals surface area (Å²) in [5.74, 6) is -0.153. The highest BCUT2D eigenvalue weighted by molar-refractivity contribution is 7.07. The topological polar surface area (TPSA) is 92.0 Å². The molecular formula is C13H20N2O5S. The summed E-state index contributed by atoms with van der Waals surface area (Å²) < 4.78 is 6.44. The van der Waals surface area contributed by atoms with E-state index in [-0.39, 0.29) is 17.3 Å². The van der Waals surface area contributed by atoms with E-state index in [1.807, 2.05) is 0 Å². The average molecular weight is 316 g/mol. The van der Waals surface area contributed by atoms with E-state index in [1.165, 1.54) is 14.8 Å². The number of hydrogen-bond acceptors (Lipinski definition) is 6. The first-order chi connectivity index (χ1) is 9.69. The number of hydrogen-bond donors (Lipinski definition) is 2. The van der Waals surface area contributed by atoms with E-state index in [0.717, 1.165) is 11.3 Å². The molecular weight excluding hydrogens is 296 g/mol. The van der Waals surface area contributed by atoms with Crippen molar-refractivity contribution >= 4 is 17.4 Å². The lowest BCUT2D eigenvalue weighted by Gasteiger charge is -2.36. The van der Waals surface area contributed by atoms with Gasteiger partial charge in [0, 0.05) is 6.54 Å². The Balaban J connectivity index is 2.06. The van der Waals surface area contributed by atoms with Gasteiger partial charge in [0.15, 0.2) is 0 Å². The minimum Gasteiger partial charge on any atom is -0.494 e. The number of aliphatic hydroxyl groups is 1. The third-order valence-electron chi connectivity index (χ3n) is 3.24.